The number of amides is 2. The highest BCUT2D eigenvalue weighted by atomic mass is 35.5. The smallest absolute Gasteiger partial charge is 0.255 e. The van der Waals surface area contributed by atoms with Crippen molar-refractivity contribution in [3.63, 3.8) is 0 Å². The molecule has 0 radical (unpaired) electrons. The Balaban J connectivity index is 1.54. The summed E-state index contributed by atoms with van der Waals surface area (Å²) in [7, 11) is 0. The van der Waals surface area contributed by atoms with Crippen molar-refractivity contribution in [3.8, 4) is 11.1 Å². The first-order valence-corrected chi connectivity index (χ1v) is 9.89. The van der Waals surface area contributed by atoms with Crippen molar-refractivity contribution in [3.05, 3.63) is 82.4 Å². The molecular formula is C24H21ClN2O2. The predicted molar refractivity (Wildman–Crippen MR) is 118 cm³/mol. The number of hydrogen-bond donors (Lipinski definition) is 1. The second kappa shape index (κ2) is 7.72. The molecule has 1 aliphatic rings. The molecule has 1 heterocycles. The number of anilines is 2. The molecule has 1 aliphatic heterocycles. The van der Waals surface area contributed by atoms with Gasteiger partial charge in [0, 0.05) is 35.4 Å². The highest BCUT2D eigenvalue weighted by Crippen LogP contribution is 2.30. The molecule has 4 nitrogen and oxygen atoms in total. The number of nitrogens with one attached hydrogen (secondary N) is 1. The first-order chi connectivity index (χ1) is 13.9. The van der Waals surface area contributed by atoms with Gasteiger partial charge in [-0.15, -0.1) is 0 Å². The average molecular weight is 405 g/mol. The van der Waals surface area contributed by atoms with Gasteiger partial charge in [0.25, 0.3) is 5.91 Å². The molecule has 146 valence electrons. The Hall–Kier alpha value is -3.11. The average Bonchev–Trinajstić information content (AvgIpc) is 3.13. The molecule has 0 atom stereocenters. The minimum atomic E-state index is -0.160. The standard InChI is InChI=1S/C24H21ClN2O2/c1-15-12-18(17-4-3-5-21(25)14-17)6-8-22(15)26-24(29)20-7-9-23-19(13-20)10-11-27(23)16(2)28/h3-9,12-14H,10-11H2,1-2H3,(H,26,29). The van der Waals surface area contributed by atoms with Crippen LogP contribution in [-0.4, -0.2) is 18.4 Å². The Morgan fingerprint density at radius 2 is 1.79 bits per heavy atom. The van der Waals surface area contributed by atoms with E-state index in [0.29, 0.717) is 17.1 Å². The fraction of sp³-hybridized carbons (Fsp3) is 0.167. The Morgan fingerprint density at radius 3 is 2.52 bits per heavy atom. The summed E-state index contributed by atoms with van der Waals surface area (Å²) in [5, 5.41) is 3.69. The van der Waals surface area contributed by atoms with Crippen molar-refractivity contribution in [1.29, 1.82) is 0 Å². The largest absolute Gasteiger partial charge is 0.322 e. The van der Waals surface area contributed by atoms with Gasteiger partial charge in [0.15, 0.2) is 0 Å². The molecule has 0 bridgehead atoms. The number of hydrogen-bond acceptors (Lipinski definition) is 2. The maximum absolute atomic E-state index is 12.8. The van der Waals surface area contributed by atoms with Crippen molar-refractivity contribution in [2.75, 3.05) is 16.8 Å². The van der Waals surface area contributed by atoms with E-state index in [0.717, 1.165) is 40.0 Å². The molecule has 29 heavy (non-hydrogen) atoms. The maximum Gasteiger partial charge on any atom is 0.255 e. The summed E-state index contributed by atoms with van der Waals surface area (Å²) < 4.78 is 0. The van der Waals surface area contributed by atoms with Crippen LogP contribution in [0.15, 0.2) is 60.7 Å². The van der Waals surface area contributed by atoms with E-state index in [4.69, 9.17) is 11.6 Å². The summed E-state index contributed by atoms with van der Waals surface area (Å²) in [6, 6.07) is 19.1. The van der Waals surface area contributed by atoms with Gasteiger partial charge in [0.2, 0.25) is 5.91 Å². The zero-order valence-electron chi connectivity index (χ0n) is 16.3. The molecule has 0 spiro atoms. The van der Waals surface area contributed by atoms with Crippen LogP contribution in [0, 0.1) is 6.92 Å². The van der Waals surface area contributed by atoms with Gasteiger partial charge in [0.1, 0.15) is 0 Å². The van der Waals surface area contributed by atoms with E-state index < -0.39 is 0 Å². The lowest BCUT2D eigenvalue weighted by atomic mass is 10.0. The van der Waals surface area contributed by atoms with Gasteiger partial charge >= 0.3 is 0 Å². The van der Waals surface area contributed by atoms with Crippen LogP contribution in [0.4, 0.5) is 11.4 Å². The fourth-order valence-corrected chi connectivity index (χ4v) is 3.91. The first-order valence-electron chi connectivity index (χ1n) is 9.51. The molecule has 1 N–H and O–H groups in total. The van der Waals surface area contributed by atoms with Crippen molar-refractivity contribution in [2.24, 2.45) is 0 Å². The third-order valence-corrected chi connectivity index (χ3v) is 5.48. The van der Waals surface area contributed by atoms with Crippen LogP contribution in [0.5, 0.6) is 0 Å². The number of fused-ring (bicyclic) bond motifs is 1. The van der Waals surface area contributed by atoms with Gasteiger partial charge < -0.3 is 10.2 Å². The fourth-order valence-electron chi connectivity index (χ4n) is 3.72. The van der Waals surface area contributed by atoms with E-state index in [1.165, 1.54) is 0 Å². The zero-order chi connectivity index (χ0) is 20.5. The molecule has 0 saturated heterocycles. The Labute approximate surface area is 175 Å². The van der Waals surface area contributed by atoms with Gasteiger partial charge in [0.05, 0.1) is 0 Å². The monoisotopic (exact) mass is 404 g/mol. The minimum absolute atomic E-state index is 0.0244. The van der Waals surface area contributed by atoms with E-state index in [1.807, 2.05) is 61.5 Å². The van der Waals surface area contributed by atoms with E-state index in [9.17, 15) is 9.59 Å². The van der Waals surface area contributed by atoms with Crippen LogP contribution in [0.25, 0.3) is 11.1 Å². The summed E-state index contributed by atoms with van der Waals surface area (Å²) in [6.07, 6.45) is 0.767. The summed E-state index contributed by atoms with van der Waals surface area (Å²) in [4.78, 5) is 26.2. The second-order valence-corrected chi connectivity index (χ2v) is 7.69. The molecular weight excluding hydrogens is 384 g/mol. The van der Waals surface area contributed by atoms with Gasteiger partial charge in [-0.1, -0.05) is 29.8 Å². The SMILES string of the molecule is CC(=O)N1CCc2cc(C(=O)Nc3ccc(-c4cccc(Cl)c4)cc3C)ccc21. The number of carbonyl (C=O) groups excluding carboxylic acids is 2. The number of carbonyl (C=O) groups is 2. The maximum atomic E-state index is 12.8. The van der Waals surface area contributed by atoms with Crippen LogP contribution < -0.4 is 10.2 Å². The topological polar surface area (TPSA) is 49.4 Å². The number of nitrogens with zero attached hydrogens (tertiary/aromatic N) is 1. The highest BCUT2D eigenvalue weighted by molar-refractivity contribution is 6.30. The van der Waals surface area contributed by atoms with Crippen LogP contribution in [0.1, 0.15) is 28.4 Å². The van der Waals surface area contributed by atoms with Gasteiger partial charge in [-0.2, -0.15) is 0 Å². The van der Waals surface area contributed by atoms with E-state index >= 15 is 0 Å². The zero-order valence-corrected chi connectivity index (χ0v) is 17.1. The van der Waals surface area contributed by atoms with E-state index in [2.05, 4.69) is 5.32 Å². The van der Waals surface area contributed by atoms with Gasteiger partial charge in [-0.3, -0.25) is 9.59 Å². The summed E-state index contributed by atoms with van der Waals surface area (Å²) >= 11 is 6.09. The minimum Gasteiger partial charge on any atom is -0.322 e. The molecule has 0 saturated carbocycles. The number of aryl methyl sites for hydroxylation is 1. The molecule has 4 rings (SSSR count). The number of benzene rings is 3. The molecule has 0 fully saturated rings. The van der Waals surface area contributed by atoms with Crippen molar-refractivity contribution in [1.82, 2.24) is 0 Å². The lowest BCUT2D eigenvalue weighted by molar-refractivity contribution is -0.116. The van der Waals surface area contributed by atoms with Crippen molar-refractivity contribution < 1.29 is 9.59 Å². The number of rotatable bonds is 3. The van der Waals surface area contributed by atoms with E-state index in [-0.39, 0.29) is 11.8 Å². The summed E-state index contributed by atoms with van der Waals surface area (Å²) in [5.41, 5.74) is 6.34. The lowest BCUT2D eigenvalue weighted by Crippen LogP contribution is -2.25. The Bertz CT molecular complexity index is 1120. The normalized spacial score (nSPS) is 12.6. The quantitative estimate of drug-likeness (QED) is 0.628. The van der Waals surface area contributed by atoms with Crippen LogP contribution in [0.3, 0.4) is 0 Å². The van der Waals surface area contributed by atoms with Crippen molar-refractivity contribution in [2.45, 2.75) is 20.3 Å². The number of halogens is 1. The molecule has 3 aromatic rings. The van der Waals surface area contributed by atoms with Crippen LogP contribution in [0.2, 0.25) is 5.02 Å². The molecule has 0 aromatic heterocycles. The van der Waals surface area contributed by atoms with E-state index in [1.54, 1.807) is 17.9 Å². The van der Waals surface area contributed by atoms with Crippen LogP contribution >= 0.6 is 11.6 Å². The second-order valence-electron chi connectivity index (χ2n) is 7.26. The third-order valence-electron chi connectivity index (χ3n) is 5.25. The molecule has 5 heteroatoms. The first kappa shape index (κ1) is 19.2. The molecule has 0 aliphatic carbocycles. The predicted octanol–water partition coefficient (Wildman–Crippen LogP) is 5.48. The van der Waals surface area contributed by atoms with Gasteiger partial charge in [-0.25, -0.2) is 0 Å². The summed E-state index contributed by atoms with van der Waals surface area (Å²) in [5.74, 6) is -0.135. The van der Waals surface area contributed by atoms with Crippen molar-refractivity contribution >= 4 is 34.8 Å². The molecule has 3 aromatic carbocycles. The highest BCUT2D eigenvalue weighted by Gasteiger charge is 2.23. The van der Waals surface area contributed by atoms with Gasteiger partial charge in [-0.05, 0) is 78.1 Å². The Kier molecular flexibility index (Phi) is 5.12. The Morgan fingerprint density at radius 1 is 1.00 bits per heavy atom. The molecule has 2 amide bonds. The third kappa shape index (κ3) is 3.89. The lowest BCUT2D eigenvalue weighted by Gasteiger charge is -2.15. The van der Waals surface area contributed by atoms with Crippen LogP contribution in [-0.2, 0) is 11.2 Å². The molecule has 0 unspecified atom stereocenters. The summed E-state index contributed by atoms with van der Waals surface area (Å²) in [6.45, 7) is 4.20.